The number of nitrogens with zero attached hydrogens (tertiary/aromatic N) is 1. The average molecular weight is 418 g/mol. The molecule has 5 N–H and O–H groups in total. The Morgan fingerprint density at radius 1 is 1.28 bits per heavy atom. The van der Waals surface area contributed by atoms with E-state index in [2.05, 4.69) is 21.5 Å². The van der Waals surface area contributed by atoms with E-state index in [4.69, 9.17) is 9.94 Å². The second-order valence-electron chi connectivity index (χ2n) is 9.02. The predicted molar refractivity (Wildman–Crippen MR) is 101 cm³/mol. The Morgan fingerprint density at radius 3 is 2.79 bits per heavy atom. The Bertz CT molecular complexity index is 586. The summed E-state index contributed by atoms with van der Waals surface area (Å²) in [7, 11) is 0. The first-order valence-electron chi connectivity index (χ1n) is 10.8. The molecular weight excluding hydrogens is 384 g/mol. The summed E-state index contributed by atoms with van der Waals surface area (Å²) in [5.41, 5.74) is 6.00. The highest BCUT2D eigenvalue weighted by atomic mass is 19.3. The van der Waals surface area contributed by atoms with Crippen LogP contribution in [0.1, 0.15) is 39.0 Å². The molecule has 10 heteroatoms. The van der Waals surface area contributed by atoms with Gasteiger partial charge in [-0.2, -0.15) is 5.48 Å². The standard InChI is InChI=1S/C19H33F2N5O3/c1-10-14(9-26(24-10)6-7-27)18(28)22-15-5-3-11-8-12(2-4-13(11)15)17-23-19(16(20)21)29-25-17/h10-17,19,23-25,27H,2-9H2,1H3,(H,22,28)/t10?,11?,12?,13?,14?,15-,17?,19?/m1/s1. The van der Waals surface area contributed by atoms with Crippen LogP contribution in [0.15, 0.2) is 0 Å². The van der Waals surface area contributed by atoms with E-state index in [1.165, 1.54) is 0 Å². The van der Waals surface area contributed by atoms with Crippen molar-refractivity contribution < 1.29 is 23.5 Å². The summed E-state index contributed by atoms with van der Waals surface area (Å²) in [4.78, 5) is 17.8. The first kappa shape index (κ1) is 21.3. The molecule has 2 heterocycles. The van der Waals surface area contributed by atoms with Crippen LogP contribution in [-0.2, 0) is 9.63 Å². The van der Waals surface area contributed by atoms with E-state index in [-0.39, 0.29) is 42.6 Å². The number of rotatable bonds is 6. The number of aliphatic hydroxyl groups excluding tert-OH is 1. The van der Waals surface area contributed by atoms with Gasteiger partial charge in [0, 0.05) is 25.2 Å². The van der Waals surface area contributed by atoms with E-state index in [1.807, 2.05) is 11.9 Å². The topological polar surface area (TPSA) is 97.9 Å². The highest BCUT2D eigenvalue weighted by Crippen LogP contribution is 2.45. The Labute approximate surface area is 170 Å². The van der Waals surface area contributed by atoms with E-state index >= 15 is 0 Å². The van der Waals surface area contributed by atoms with E-state index < -0.39 is 12.7 Å². The van der Waals surface area contributed by atoms with Gasteiger partial charge in [-0.3, -0.25) is 20.4 Å². The van der Waals surface area contributed by atoms with Crippen LogP contribution in [0.25, 0.3) is 0 Å². The number of aliphatic hydroxyl groups is 1. The first-order valence-corrected chi connectivity index (χ1v) is 10.8. The highest BCUT2D eigenvalue weighted by Gasteiger charge is 2.45. The van der Waals surface area contributed by atoms with Gasteiger partial charge in [-0.05, 0) is 56.8 Å². The van der Waals surface area contributed by atoms with Crippen LogP contribution in [0.4, 0.5) is 8.78 Å². The molecule has 0 radical (unpaired) electrons. The van der Waals surface area contributed by atoms with E-state index in [1.54, 1.807) is 0 Å². The van der Waals surface area contributed by atoms with Crippen molar-refractivity contribution >= 4 is 5.91 Å². The molecule has 2 saturated heterocycles. The van der Waals surface area contributed by atoms with E-state index in [9.17, 15) is 13.6 Å². The summed E-state index contributed by atoms with van der Waals surface area (Å²) in [6.07, 6.45) is 0.921. The second-order valence-corrected chi connectivity index (χ2v) is 9.02. The lowest BCUT2D eigenvalue weighted by Crippen LogP contribution is -2.48. The molecule has 8 atom stereocenters. The van der Waals surface area contributed by atoms with Gasteiger partial charge in [0.15, 0.2) is 6.23 Å². The minimum atomic E-state index is -2.55. The zero-order chi connectivity index (χ0) is 20.5. The van der Waals surface area contributed by atoms with Gasteiger partial charge in [0.05, 0.1) is 18.7 Å². The van der Waals surface area contributed by atoms with Crippen molar-refractivity contribution in [2.75, 3.05) is 19.7 Å². The third kappa shape index (κ3) is 4.57. The quantitative estimate of drug-likeness (QED) is 0.420. The molecular formula is C19H33F2N5O3. The van der Waals surface area contributed by atoms with E-state index in [0.717, 1.165) is 32.1 Å². The zero-order valence-corrected chi connectivity index (χ0v) is 16.8. The molecule has 166 valence electrons. The van der Waals surface area contributed by atoms with Crippen LogP contribution >= 0.6 is 0 Å². The van der Waals surface area contributed by atoms with Gasteiger partial charge in [0.25, 0.3) is 6.43 Å². The monoisotopic (exact) mass is 417 g/mol. The Morgan fingerprint density at radius 2 is 2.07 bits per heavy atom. The Balaban J connectivity index is 1.27. The molecule has 0 spiro atoms. The number of alkyl halides is 2. The van der Waals surface area contributed by atoms with Crippen LogP contribution in [0.3, 0.4) is 0 Å². The Hall–Kier alpha value is -0.910. The fourth-order valence-corrected chi connectivity index (χ4v) is 5.73. The molecule has 0 bridgehead atoms. The number of nitrogens with one attached hydrogen (secondary N) is 4. The van der Waals surface area contributed by atoms with Crippen molar-refractivity contribution in [1.29, 1.82) is 0 Å². The third-order valence-electron chi connectivity index (χ3n) is 7.25. The summed E-state index contributed by atoms with van der Waals surface area (Å²) >= 11 is 0. The zero-order valence-electron chi connectivity index (χ0n) is 16.8. The predicted octanol–water partition coefficient (Wildman–Crippen LogP) is 0.156. The number of fused-ring (bicyclic) bond motifs is 1. The Kier molecular flexibility index (Phi) is 6.67. The molecule has 0 aromatic rings. The van der Waals surface area contributed by atoms with Gasteiger partial charge in [-0.1, -0.05) is 0 Å². The average Bonchev–Trinajstić information content (AvgIpc) is 3.40. The van der Waals surface area contributed by atoms with Gasteiger partial charge < -0.3 is 10.4 Å². The van der Waals surface area contributed by atoms with Gasteiger partial charge >= 0.3 is 0 Å². The van der Waals surface area contributed by atoms with Gasteiger partial charge in [0.2, 0.25) is 5.91 Å². The van der Waals surface area contributed by atoms with Crippen LogP contribution < -0.4 is 21.5 Å². The third-order valence-corrected chi connectivity index (χ3v) is 7.25. The smallest absolute Gasteiger partial charge is 0.279 e. The second kappa shape index (κ2) is 9.07. The van der Waals surface area contributed by atoms with Crippen LogP contribution in [-0.4, -0.2) is 66.6 Å². The van der Waals surface area contributed by atoms with Gasteiger partial charge in [-0.15, -0.1) is 0 Å². The molecule has 0 aromatic carbocycles. The summed E-state index contributed by atoms with van der Waals surface area (Å²) in [6, 6.07) is 0.249. The minimum absolute atomic E-state index is 0.0526. The lowest BCUT2D eigenvalue weighted by atomic mass is 9.73. The van der Waals surface area contributed by atoms with Gasteiger partial charge in [0.1, 0.15) is 0 Å². The molecule has 4 rings (SSSR count). The van der Waals surface area contributed by atoms with Crippen molar-refractivity contribution in [2.45, 2.75) is 69.9 Å². The highest BCUT2D eigenvalue weighted by molar-refractivity contribution is 5.80. The largest absolute Gasteiger partial charge is 0.395 e. The summed E-state index contributed by atoms with van der Waals surface area (Å²) < 4.78 is 25.6. The fourth-order valence-electron chi connectivity index (χ4n) is 5.73. The molecule has 0 aromatic heterocycles. The number of amides is 1. The van der Waals surface area contributed by atoms with Crippen LogP contribution in [0, 0.1) is 23.7 Å². The maximum absolute atomic E-state index is 12.9. The van der Waals surface area contributed by atoms with Crippen molar-refractivity contribution in [3.63, 3.8) is 0 Å². The molecule has 8 nitrogen and oxygen atoms in total. The molecule has 2 aliphatic carbocycles. The van der Waals surface area contributed by atoms with Crippen molar-refractivity contribution in [2.24, 2.45) is 23.7 Å². The van der Waals surface area contributed by atoms with Crippen molar-refractivity contribution in [3.05, 3.63) is 0 Å². The van der Waals surface area contributed by atoms with E-state index in [0.29, 0.717) is 24.9 Å². The number of β-amino-alcohol motifs (C(OH)–C–C–N with tert-alkyl or cyclic N) is 1. The van der Waals surface area contributed by atoms with Crippen LogP contribution in [0.5, 0.6) is 0 Å². The molecule has 2 saturated carbocycles. The molecule has 1 amide bonds. The molecule has 2 aliphatic heterocycles. The van der Waals surface area contributed by atoms with Crippen LogP contribution in [0.2, 0.25) is 0 Å². The summed E-state index contributed by atoms with van der Waals surface area (Å²) in [6.45, 7) is 3.19. The number of hydrazine groups is 1. The fraction of sp³-hybridized carbons (Fsp3) is 0.947. The molecule has 4 aliphatic rings. The number of hydroxylamine groups is 1. The SMILES string of the molecule is CC1NN(CCO)CC1C(=O)N[C@@H]1CCC2CC(C3NOC(C(F)F)N3)CCC21. The van der Waals surface area contributed by atoms with Crippen molar-refractivity contribution in [1.82, 2.24) is 26.5 Å². The number of carbonyl (C=O) groups is 1. The maximum Gasteiger partial charge on any atom is 0.279 e. The molecule has 29 heavy (non-hydrogen) atoms. The number of hydrogen-bond acceptors (Lipinski definition) is 7. The molecule has 4 fully saturated rings. The normalized spacial score (nSPS) is 43.1. The maximum atomic E-state index is 12.9. The summed E-state index contributed by atoms with van der Waals surface area (Å²) in [5, 5.41) is 17.2. The molecule has 7 unspecified atom stereocenters. The van der Waals surface area contributed by atoms with Gasteiger partial charge in [-0.25, -0.2) is 13.8 Å². The number of carbonyl (C=O) groups excluding carboxylic acids is 1. The lowest BCUT2D eigenvalue weighted by molar-refractivity contribution is -0.126. The first-order chi connectivity index (χ1) is 14.0. The lowest BCUT2D eigenvalue weighted by Gasteiger charge is -2.37. The van der Waals surface area contributed by atoms with Crippen molar-refractivity contribution in [3.8, 4) is 0 Å². The minimum Gasteiger partial charge on any atom is -0.395 e. The number of halogens is 2. The summed E-state index contributed by atoms with van der Waals surface area (Å²) in [5.74, 6) is 1.21. The number of hydrogen-bond donors (Lipinski definition) is 5.